The number of nitrogens with zero attached hydrogens (tertiary/aromatic N) is 2. The number of benzene rings is 3. The number of hydrogen-bond acceptors (Lipinski definition) is 5. The zero-order chi connectivity index (χ0) is 30.0. The van der Waals surface area contributed by atoms with Crippen molar-refractivity contribution in [1.82, 2.24) is 20.9 Å². The Morgan fingerprint density at radius 2 is 1.63 bits per heavy atom. The van der Waals surface area contributed by atoms with Gasteiger partial charge in [0.2, 0.25) is 5.91 Å². The molecule has 0 aromatic heterocycles. The van der Waals surface area contributed by atoms with E-state index in [1.807, 2.05) is 53.4 Å². The SMILES string of the molecule is NC(N)=NCC#C[C@@H]1N[C@H](CNC(=O)[C@H]2Cc3ccccc3CN2)CCN(CC(c2ccccc2)c2ccccc2)C1=O. The average molecular weight is 578 g/mol. The van der Waals surface area contributed by atoms with Gasteiger partial charge < -0.3 is 27.0 Å². The second-order valence-electron chi connectivity index (χ2n) is 11.0. The molecule has 1 fully saturated rings. The van der Waals surface area contributed by atoms with Crippen molar-refractivity contribution in [3.8, 4) is 11.8 Å². The van der Waals surface area contributed by atoms with Crippen LogP contribution in [-0.2, 0) is 22.6 Å². The summed E-state index contributed by atoms with van der Waals surface area (Å²) < 4.78 is 0. The van der Waals surface area contributed by atoms with Gasteiger partial charge >= 0.3 is 0 Å². The molecule has 3 atom stereocenters. The molecule has 0 aliphatic carbocycles. The van der Waals surface area contributed by atoms with Gasteiger partial charge in [-0.2, -0.15) is 0 Å². The molecule has 1 saturated heterocycles. The lowest BCUT2D eigenvalue weighted by molar-refractivity contribution is -0.131. The Balaban J connectivity index is 1.30. The van der Waals surface area contributed by atoms with Crippen molar-refractivity contribution in [2.24, 2.45) is 16.5 Å². The summed E-state index contributed by atoms with van der Waals surface area (Å²) in [6.07, 6.45) is 1.31. The Kier molecular flexibility index (Phi) is 10.1. The molecule has 43 heavy (non-hydrogen) atoms. The first-order chi connectivity index (χ1) is 21.0. The minimum absolute atomic E-state index is 0.00176. The van der Waals surface area contributed by atoms with E-state index < -0.39 is 6.04 Å². The lowest BCUT2D eigenvalue weighted by Crippen LogP contribution is -2.52. The third-order valence-corrected chi connectivity index (χ3v) is 8.02. The minimum Gasteiger partial charge on any atom is -0.370 e. The number of carbonyl (C=O) groups is 2. The Morgan fingerprint density at radius 1 is 0.977 bits per heavy atom. The van der Waals surface area contributed by atoms with Crippen LogP contribution in [0.1, 0.15) is 34.6 Å². The van der Waals surface area contributed by atoms with E-state index in [2.05, 4.69) is 69.2 Å². The van der Waals surface area contributed by atoms with Crippen molar-refractivity contribution in [3.05, 3.63) is 107 Å². The smallest absolute Gasteiger partial charge is 0.252 e. The maximum Gasteiger partial charge on any atom is 0.252 e. The van der Waals surface area contributed by atoms with Crippen molar-refractivity contribution in [2.75, 3.05) is 26.2 Å². The molecule has 0 unspecified atom stereocenters. The molecule has 222 valence electrons. The van der Waals surface area contributed by atoms with Crippen LogP contribution in [0.4, 0.5) is 0 Å². The largest absolute Gasteiger partial charge is 0.370 e. The van der Waals surface area contributed by atoms with Crippen LogP contribution in [0.5, 0.6) is 0 Å². The van der Waals surface area contributed by atoms with E-state index in [1.165, 1.54) is 11.1 Å². The maximum absolute atomic E-state index is 13.9. The summed E-state index contributed by atoms with van der Waals surface area (Å²) in [6, 6.07) is 27.4. The molecular formula is C34H39N7O2. The van der Waals surface area contributed by atoms with Crippen LogP contribution in [-0.4, -0.2) is 67.0 Å². The summed E-state index contributed by atoms with van der Waals surface area (Å²) >= 11 is 0. The molecule has 0 spiro atoms. The Bertz CT molecular complexity index is 1440. The number of aliphatic imine (C=N–C) groups is 1. The van der Waals surface area contributed by atoms with Crippen molar-refractivity contribution >= 4 is 17.8 Å². The van der Waals surface area contributed by atoms with Crippen molar-refractivity contribution in [2.45, 2.75) is 43.4 Å². The van der Waals surface area contributed by atoms with Gasteiger partial charge in [0.25, 0.3) is 5.91 Å². The molecule has 2 aliphatic rings. The van der Waals surface area contributed by atoms with Gasteiger partial charge in [0.05, 0.1) is 6.04 Å². The van der Waals surface area contributed by atoms with E-state index in [0.717, 1.165) is 11.1 Å². The molecule has 2 aliphatic heterocycles. The minimum atomic E-state index is -0.759. The average Bonchev–Trinajstić information content (AvgIpc) is 3.19. The van der Waals surface area contributed by atoms with E-state index in [1.54, 1.807) is 0 Å². The Labute approximate surface area is 253 Å². The second kappa shape index (κ2) is 14.5. The third-order valence-electron chi connectivity index (χ3n) is 8.02. The molecule has 2 heterocycles. The van der Waals surface area contributed by atoms with Crippen LogP contribution in [0, 0.1) is 11.8 Å². The number of fused-ring (bicyclic) bond motifs is 1. The predicted molar refractivity (Wildman–Crippen MR) is 169 cm³/mol. The normalized spacial score (nSPS) is 19.9. The standard InChI is InChI=1S/C34H39N7O2/c35-34(36)37-18-9-16-30-33(43)41(23-29(24-10-3-1-4-11-24)25-12-5-2-6-13-25)19-17-28(40-30)22-39-32(42)31-20-26-14-7-8-15-27(26)21-38-31/h1-8,10-15,28-31,38,40H,17-23H2,(H,39,42)(H4,35,36,37)/t28-,30-,31+/m0/s1. The highest BCUT2D eigenvalue weighted by Crippen LogP contribution is 2.26. The molecule has 0 saturated carbocycles. The Hall–Kier alpha value is -4.65. The lowest BCUT2D eigenvalue weighted by atomic mass is 9.90. The monoisotopic (exact) mass is 577 g/mol. The van der Waals surface area contributed by atoms with Crippen LogP contribution >= 0.6 is 0 Å². The highest BCUT2D eigenvalue weighted by molar-refractivity contribution is 5.86. The van der Waals surface area contributed by atoms with Gasteiger partial charge in [-0.1, -0.05) is 96.8 Å². The van der Waals surface area contributed by atoms with Gasteiger partial charge in [-0.25, -0.2) is 4.99 Å². The maximum atomic E-state index is 13.9. The van der Waals surface area contributed by atoms with Gasteiger partial charge in [0, 0.05) is 38.1 Å². The predicted octanol–water partition coefficient (Wildman–Crippen LogP) is 1.49. The molecule has 3 aromatic rings. The summed E-state index contributed by atoms with van der Waals surface area (Å²) in [7, 11) is 0. The van der Waals surface area contributed by atoms with Gasteiger partial charge in [0.15, 0.2) is 5.96 Å². The molecule has 0 radical (unpaired) electrons. The molecule has 5 rings (SSSR count). The summed E-state index contributed by atoms with van der Waals surface area (Å²) in [5, 5.41) is 9.85. The first kappa shape index (κ1) is 29.8. The first-order valence-corrected chi connectivity index (χ1v) is 14.7. The topological polar surface area (TPSA) is 138 Å². The fourth-order valence-corrected chi connectivity index (χ4v) is 5.70. The van der Waals surface area contributed by atoms with E-state index in [0.29, 0.717) is 39.0 Å². The van der Waals surface area contributed by atoms with Crippen LogP contribution < -0.4 is 27.4 Å². The number of nitrogens with one attached hydrogen (secondary N) is 3. The van der Waals surface area contributed by atoms with E-state index in [4.69, 9.17) is 11.5 Å². The lowest BCUT2D eigenvalue weighted by Gasteiger charge is -2.28. The molecule has 7 N–H and O–H groups in total. The van der Waals surface area contributed by atoms with Crippen LogP contribution in [0.25, 0.3) is 0 Å². The highest BCUT2D eigenvalue weighted by atomic mass is 16.2. The molecule has 9 heteroatoms. The van der Waals surface area contributed by atoms with Crippen molar-refractivity contribution < 1.29 is 9.59 Å². The van der Waals surface area contributed by atoms with Crippen LogP contribution in [0.2, 0.25) is 0 Å². The number of rotatable bonds is 8. The number of amides is 2. The van der Waals surface area contributed by atoms with Gasteiger partial charge in [-0.05, 0) is 35.1 Å². The van der Waals surface area contributed by atoms with E-state index in [-0.39, 0.29) is 42.3 Å². The molecule has 2 amide bonds. The summed E-state index contributed by atoms with van der Waals surface area (Å²) in [5.74, 6) is 5.76. The summed E-state index contributed by atoms with van der Waals surface area (Å²) in [6.45, 7) is 2.18. The molecule has 9 nitrogen and oxygen atoms in total. The van der Waals surface area contributed by atoms with Gasteiger partial charge in [-0.3, -0.25) is 14.9 Å². The summed E-state index contributed by atoms with van der Waals surface area (Å²) in [4.78, 5) is 32.9. The zero-order valence-electron chi connectivity index (χ0n) is 24.2. The molecule has 3 aromatic carbocycles. The number of hydrogen-bond donors (Lipinski definition) is 5. The van der Waals surface area contributed by atoms with Gasteiger partial charge in [0.1, 0.15) is 12.6 Å². The highest BCUT2D eigenvalue weighted by Gasteiger charge is 2.32. The fourth-order valence-electron chi connectivity index (χ4n) is 5.70. The third kappa shape index (κ3) is 8.01. The zero-order valence-corrected chi connectivity index (χ0v) is 24.2. The van der Waals surface area contributed by atoms with Crippen molar-refractivity contribution in [1.29, 1.82) is 0 Å². The van der Waals surface area contributed by atoms with Crippen molar-refractivity contribution in [3.63, 3.8) is 0 Å². The number of nitrogens with two attached hydrogens (primary N) is 2. The van der Waals surface area contributed by atoms with Crippen LogP contribution in [0.3, 0.4) is 0 Å². The summed E-state index contributed by atoms with van der Waals surface area (Å²) in [5.41, 5.74) is 15.6. The molecular weight excluding hydrogens is 538 g/mol. The fraction of sp³-hybridized carbons (Fsp3) is 0.324. The Morgan fingerprint density at radius 3 is 2.30 bits per heavy atom. The quantitative estimate of drug-likeness (QED) is 0.156. The molecule has 0 bridgehead atoms. The number of guanidine groups is 1. The van der Waals surface area contributed by atoms with Crippen LogP contribution in [0.15, 0.2) is 89.9 Å². The number of carbonyl (C=O) groups excluding carboxylic acids is 2. The first-order valence-electron chi connectivity index (χ1n) is 14.7. The van der Waals surface area contributed by atoms with Gasteiger partial charge in [-0.15, -0.1) is 0 Å². The van der Waals surface area contributed by atoms with E-state index >= 15 is 0 Å². The van der Waals surface area contributed by atoms with E-state index in [9.17, 15) is 9.59 Å². The second-order valence-corrected chi connectivity index (χ2v) is 11.0.